The fraction of sp³-hybridized carbons (Fsp3) is 0.516. The second-order valence-electron chi connectivity index (χ2n) is 11.5. The van der Waals surface area contributed by atoms with Gasteiger partial charge in [0.05, 0.1) is 31.0 Å². The summed E-state index contributed by atoms with van der Waals surface area (Å²) in [5, 5.41) is 18.0. The van der Waals surface area contributed by atoms with Crippen LogP contribution in [-0.2, 0) is 16.8 Å². The highest BCUT2D eigenvalue weighted by Crippen LogP contribution is 2.43. The number of carboxylic acids is 1. The molecule has 230 valence electrons. The molecule has 2 aliphatic rings. The van der Waals surface area contributed by atoms with Gasteiger partial charge in [-0.1, -0.05) is 20.8 Å². The Bertz CT molecular complexity index is 1360. The van der Waals surface area contributed by atoms with Crippen LogP contribution in [0.4, 0.5) is 10.1 Å². The molecule has 2 aromatic rings. The van der Waals surface area contributed by atoms with Gasteiger partial charge in [0, 0.05) is 30.3 Å². The highest BCUT2D eigenvalue weighted by atomic mass is 79.9. The van der Waals surface area contributed by atoms with E-state index >= 15 is 4.39 Å². The molecule has 42 heavy (non-hydrogen) atoms. The second-order valence-corrected chi connectivity index (χ2v) is 11.5. The molecule has 1 saturated heterocycles. The SMILES string of the molecule is Br.CCOc1cc2c(c(F)c1OCC)C(=N)N(CC(=O)c1cc(N3CCCC3C)c(OCC(=O)O)c(C(C)(C)C)c1)C2. The largest absolute Gasteiger partial charge is 0.490 e. The van der Waals surface area contributed by atoms with E-state index in [0.717, 1.165) is 24.9 Å². The first-order chi connectivity index (χ1) is 19.4. The standard InChI is InChI=1S/C31H40FN3O6.BrH/c1-7-39-24-14-20-15-34(30(33)26(20)27(32)29(24)40-8-2)16-23(36)19-12-21(31(4,5)6)28(41-17-25(37)38)22(13-19)35-11-9-10-18(35)3;/h12-14,18,33H,7-11,15-17H2,1-6H3,(H,37,38);1H. The van der Waals surface area contributed by atoms with Gasteiger partial charge >= 0.3 is 5.97 Å². The van der Waals surface area contributed by atoms with E-state index < -0.39 is 23.8 Å². The molecule has 0 saturated carbocycles. The molecule has 1 fully saturated rings. The normalized spacial score (nSPS) is 16.3. The lowest BCUT2D eigenvalue weighted by Crippen LogP contribution is -2.32. The third-order valence-corrected chi connectivity index (χ3v) is 7.51. The Morgan fingerprint density at radius 2 is 1.79 bits per heavy atom. The number of carboxylic acid groups (broad SMARTS) is 1. The average Bonchev–Trinajstić information content (AvgIpc) is 3.46. The molecule has 0 spiro atoms. The fourth-order valence-electron chi connectivity index (χ4n) is 5.55. The summed E-state index contributed by atoms with van der Waals surface area (Å²) < 4.78 is 32.5. The molecule has 0 radical (unpaired) electrons. The maximum atomic E-state index is 15.5. The second kappa shape index (κ2) is 13.3. The molecule has 2 heterocycles. The smallest absolute Gasteiger partial charge is 0.341 e. The number of Topliss-reactive ketones (excluding diaryl/α,β-unsaturated/α-hetero) is 1. The van der Waals surface area contributed by atoms with E-state index in [1.54, 1.807) is 36.9 Å². The number of amidine groups is 1. The van der Waals surface area contributed by atoms with Gasteiger partial charge in [-0.3, -0.25) is 10.2 Å². The Morgan fingerprint density at radius 1 is 1.10 bits per heavy atom. The van der Waals surface area contributed by atoms with Crippen LogP contribution >= 0.6 is 17.0 Å². The zero-order chi connectivity index (χ0) is 30.1. The van der Waals surface area contributed by atoms with Crippen LogP contribution in [0.3, 0.4) is 0 Å². The lowest BCUT2D eigenvalue weighted by Gasteiger charge is -2.31. The zero-order valence-corrected chi connectivity index (χ0v) is 26.8. The number of hydrogen-bond donors (Lipinski definition) is 2. The Balaban J connectivity index is 0.00000484. The summed E-state index contributed by atoms with van der Waals surface area (Å²) >= 11 is 0. The van der Waals surface area contributed by atoms with E-state index in [9.17, 15) is 14.7 Å². The summed E-state index contributed by atoms with van der Waals surface area (Å²) in [5.41, 5.74) is 2.08. The number of nitrogens with zero attached hydrogens (tertiary/aromatic N) is 2. The average molecular weight is 651 g/mol. The molecule has 1 unspecified atom stereocenters. The van der Waals surface area contributed by atoms with Crippen molar-refractivity contribution in [2.45, 2.75) is 72.4 Å². The number of benzene rings is 2. The number of carbonyl (C=O) groups is 2. The molecule has 0 bridgehead atoms. The van der Waals surface area contributed by atoms with Gasteiger partial charge in [-0.25, -0.2) is 9.18 Å². The number of aliphatic carboxylic acids is 1. The third-order valence-electron chi connectivity index (χ3n) is 7.51. The monoisotopic (exact) mass is 649 g/mol. The highest BCUT2D eigenvalue weighted by Gasteiger charge is 2.35. The van der Waals surface area contributed by atoms with Crippen LogP contribution in [0.5, 0.6) is 17.2 Å². The topological polar surface area (TPSA) is 112 Å². The molecule has 2 aromatic carbocycles. The predicted octanol–water partition coefficient (Wildman–Crippen LogP) is 5.97. The molecule has 2 N–H and O–H groups in total. The van der Waals surface area contributed by atoms with E-state index in [0.29, 0.717) is 29.2 Å². The highest BCUT2D eigenvalue weighted by molar-refractivity contribution is 8.93. The van der Waals surface area contributed by atoms with E-state index in [2.05, 4.69) is 11.8 Å². The van der Waals surface area contributed by atoms with Gasteiger partial charge in [0.25, 0.3) is 0 Å². The van der Waals surface area contributed by atoms with Crippen molar-refractivity contribution in [3.8, 4) is 17.2 Å². The summed E-state index contributed by atoms with van der Waals surface area (Å²) in [6, 6.07) is 5.41. The Labute approximate surface area is 257 Å². The van der Waals surface area contributed by atoms with E-state index in [4.69, 9.17) is 19.6 Å². The van der Waals surface area contributed by atoms with Crippen LogP contribution in [-0.4, -0.2) is 66.5 Å². The van der Waals surface area contributed by atoms with Gasteiger partial charge in [0.1, 0.15) is 11.6 Å². The number of ether oxygens (including phenoxy) is 3. The van der Waals surface area contributed by atoms with E-state index in [1.165, 1.54) is 0 Å². The molecule has 4 rings (SSSR count). The molecule has 0 aromatic heterocycles. The Kier molecular flexibility index (Phi) is 10.5. The number of ketones is 1. The van der Waals surface area contributed by atoms with Crippen molar-refractivity contribution >= 4 is 40.3 Å². The number of anilines is 1. The maximum absolute atomic E-state index is 15.5. The lowest BCUT2D eigenvalue weighted by molar-refractivity contribution is -0.139. The number of carbonyl (C=O) groups excluding carboxylic acids is 1. The molecular formula is C31H41BrFN3O6. The molecule has 0 aliphatic carbocycles. The van der Waals surface area contributed by atoms with E-state index in [1.807, 2.05) is 20.8 Å². The van der Waals surface area contributed by atoms with Crippen molar-refractivity contribution < 1.29 is 33.3 Å². The molecule has 2 aliphatic heterocycles. The van der Waals surface area contributed by atoms with Gasteiger partial charge in [-0.15, -0.1) is 17.0 Å². The predicted molar refractivity (Wildman–Crippen MR) is 165 cm³/mol. The third kappa shape index (κ3) is 6.66. The van der Waals surface area contributed by atoms with Crippen molar-refractivity contribution in [1.29, 1.82) is 5.41 Å². The van der Waals surface area contributed by atoms with Crippen LogP contribution in [0.1, 0.15) is 81.4 Å². The zero-order valence-electron chi connectivity index (χ0n) is 25.1. The minimum Gasteiger partial charge on any atom is -0.490 e. The van der Waals surface area contributed by atoms with Crippen LogP contribution in [0, 0.1) is 11.2 Å². The number of halogens is 2. The minimum atomic E-state index is -1.08. The molecule has 0 amide bonds. The summed E-state index contributed by atoms with van der Waals surface area (Å²) in [6.07, 6.45) is 1.95. The number of fused-ring (bicyclic) bond motifs is 1. The summed E-state index contributed by atoms with van der Waals surface area (Å²) in [7, 11) is 0. The van der Waals surface area contributed by atoms with Crippen molar-refractivity contribution in [3.63, 3.8) is 0 Å². The van der Waals surface area contributed by atoms with Crippen molar-refractivity contribution in [2.24, 2.45) is 0 Å². The van der Waals surface area contributed by atoms with Gasteiger partial charge in [0.15, 0.2) is 29.7 Å². The Morgan fingerprint density at radius 3 is 2.36 bits per heavy atom. The van der Waals surface area contributed by atoms with Crippen molar-refractivity contribution in [2.75, 3.05) is 37.8 Å². The molecule has 1 atom stereocenters. The summed E-state index contributed by atoms with van der Waals surface area (Å²) in [4.78, 5) is 28.9. The Hall–Kier alpha value is -3.34. The molecule has 11 heteroatoms. The van der Waals surface area contributed by atoms with Crippen molar-refractivity contribution in [3.05, 3.63) is 46.3 Å². The number of hydrogen-bond acceptors (Lipinski definition) is 7. The first-order valence-electron chi connectivity index (χ1n) is 14.1. The first-order valence-corrected chi connectivity index (χ1v) is 14.1. The van der Waals surface area contributed by atoms with Crippen LogP contribution in [0.2, 0.25) is 0 Å². The quantitative estimate of drug-likeness (QED) is 0.286. The molecule has 9 nitrogen and oxygen atoms in total. The van der Waals surface area contributed by atoms with Crippen molar-refractivity contribution in [1.82, 2.24) is 4.90 Å². The molecular weight excluding hydrogens is 609 g/mol. The van der Waals surface area contributed by atoms with Gasteiger partial charge in [-0.05, 0) is 62.8 Å². The maximum Gasteiger partial charge on any atom is 0.341 e. The van der Waals surface area contributed by atoms with Gasteiger partial charge < -0.3 is 29.1 Å². The summed E-state index contributed by atoms with van der Waals surface area (Å²) in [6.45, 7) is 12.5. The lowest BCUT2D eigenvalue weighted by atomic mass is 9.84. The summed E-state index contributed by atoms with van der Waals surface area (Å²) in [5.74, 6) is -1.33. The van der Waals surface area contributed by atoms with Gasteiger partial charge in [0.2, 0.25) is 0 Å². The van der Waals surface area contributed by atoms with Crippen LogP contribution in [0.15, 0.2) is 18.2 Å². The van der Waals surface area contributed by atoms with Gasteiger partial charge in [-0.2, -0.15) is 0 Å². The number of rotatable bonds is 11. The number of nitrogens with one attached hydrogen (secondary N) is 1. The minimum absolute atomic E-state index is 0. The van der Waals surface area contributed by atoms with Crippen LogP contribution < -0.4 is 19.1 Å². The first kappa shape index (κ1) is 33.2. The van der Waals surface area contributed by atoms with E-state index in [-0.39, 0.29) is 71.4 Å². The fourth-order valence-corrected chi connectivity index (χ4v) is 5.55. The van der Waals surface area contributed by atoms with Crippen LogP contribution in [0.25, 0.3) is 0 Å².